The monoisotopic (exact) mass is 338 g/mol. The second kappa shape index (κ2) is 8.86. The van der Waals surface area contributed by atoms with E-state index in [9.17, 15) is 9.59 Å². The molecule has 0 N–H and O–H groups in total. The number of ether oxygens (including phenoxy) is 2. The van der Waals surface area contributed by atoms with Gasteiger partial charge in [0.05, 0.1) is 19.6 Å². The summed E-state index contributed by atoms with van der Waals surface area (Å²) in [4.78, 5) is 32.6. The van der Waals surface area contributed by atoms with Crippen LogP contribution in [0.25, 0.3) is 0 Å². The predicted octanol–water partition coefficient (Wildman–Crippen LogP) is 2.33. The molecule has 0 unspecified atom stereocenters. The maximum absolute atomic E-state index is 12.2. The number of nitrogens with zero attached hydrogens (tertiary/aromatic N) is 2. The van der Waals surface area contributed by atoms with E-state index in [1.807, 2.05) is 0 Å². The van der Waals surface area contributed by atoms with Crippen LogP contribution in [0.15, 0.2) is 11.4 Å². The fraction of sp³-hybridized carbons (Fsp3) is 0.625. The number of esters is 2. The van der Waals surface area contributed by atoms with Crippen LogP contribution in [0.2, 0.25) is 0 Å². The highest BCUT2D eigenvalue weighted by molar-refractivity contribution is 8.00. The van der Waals surface area contributed by atoms with Crippen molar-refractivity contribution >= 4 is 23.7 Å². The molecule has 0 amide bonds. The van der Waals surface area contributed by atoms with Crippen LogP contribution in [0.5, 0.6) is 0 Å². The quantitative estimate of drug-likeness (QED) is 0.429. The van der Waals surface area contributed by atoms with Crippen molar-refractivity contribution in [2.75, 3.05) is 13.2 Å². The first kappa shape index (κ1) is 17.7. The van der Waals surface area contributed by atoms with Crippen LogP contribution in [0.1, 0.15) is 44.4 Å². The summed E-state index contributed by atoms with van der Waals surface area (Å²) >= 11 is 1.28. The lowest BCUT2D eigenvalue weighted by Gasteiger charge is -2.19. The largest absolute Gasteiger partial charge is 0.466 e. The molecule has 0 bridgehead atoms. The first-order valence-corrected chi connectivity index (χ1v) is 8.85. The highest BCUT2D eigenvalue weighted by Gasteiger charge is 2.28. The number of hydrogen-bond donors (Lipinski definition) is 0. The lowest BCUT2D eigenvalue weighted by Crippen LogP contribution is -2.25. The second-order valence-corrected chi connectivity index (χ2v) is 6.37. The molecule has 1 atom stereocenters. The van der Waals surface area contributed by atoms with Gasteiger partial charge in [0.1, 0.15) is 16.6 Å². The molecule has 1 aromatic heterocycles. The van der Waals surface area contributed by atoms with Crippen molar-refractivity contribution in [2.24, 2.45) is 0 Å². The molecule has 7 heteroatoms. The van der Waals surface area contributed by atoms with E-state index >= 15 is 0 Å². The van der Waals surface area contributed by atoms with Gasteiger partial charge in [-0.05, 0) is 39.5 Å². The van der Waals surface area contributed by atoms with Crippen LogP contribution in [0, 0.1) is 0 Å². The maximum atomic E-state index is 12.2. The molecule has 0 aromatic carbocycles. The van der Waals surface area contributed by atoms with Crippen molar-refractivity contribution in [1.29, 1.82) is 0 Å². The van der Waals surface area contributed by atoms with E-state index in [2.05, 4.69) is 9.97 Å². The van der Waals surface area contributed by atoms with E-state index in [4.69, 9.17) is 9.47 Å². The average Bonchev–Trinajstić information content (AvgIpc) is 2.55. The summed E-state index contributed by atoms with van der Waals surface area (Å²) in [5, 5.41) is 0.131. The molecule has 1 aliphatic carbocycles. The Hall–Kier alpha value is -1.63. The first-order valence-electron chi connectivity index (χ1n) is 7.97. The third kappa shape index (κ3) is 4.92. The molecular weight excluding hydrogens is 316 g/mol. The van der Waals surface area contributed by atoms with E-state index < -0.39 is 17.2 Å². The summed E-state index contributed by atoms with van der Waals surface area (Å²) in [5.74, 6) is -0.810. The Morgan fingerprint density at radius 1 is 1.17 bits per heavy atom. The number of hydrogen-bond acceptors (Lipinski definition) is 7. The summed E-state index contributed by atoms with van der Waals surface area (Å²) in [5.41, 5.74) is 2.15. The second-order valence-electron chi connectivity index (χ2n) is 5.18. The standard InChI is InChI=1S/C16H22N2O4S/c1-3-21-14(19)9-13(16(20)22-4-2)23-15-11-7-5-6-8-12(11)17-10-18-15/h10,13H,3-9H2,1-2H3/t13-/m1/s1. The Morgan fingerprint density at radius 2 is 1.91 bits per heavy atom. The topological polar surface area (TPSA) is 78.4 Å². The number of aromatic nitrogens is 2. The molecule has 1 heterocycles. The van der Waals surface area contributed by atoms with Crippen LogP contribution >= 0.6 is 11.8 Å². The van der Waals surface area contributed by atoms with Crippen molar-refractivity contribution in [3.8, 4) is 0 Å². The van der Waals surface area contributed by atoms with Gasteiger partial charge in [-0.2, -0.15) is 0 Å². The zero-order valence-electron chi connectivity index (χ0n) is 13.5. The lowest BCUT2D eigenvalue weighted by molar-refractivity contribution is -0.149. The van der Waals surface area contributed by atoms with Gasteiger partial charge in [0, 0.05) is 11.3 Å². The molecule has 23 heavy (non-hydrogen) atoms. The molecular formula is C16H22N2O4S. The molecule has 1 aliphatic rings. The normalized spacial score (nSPS) is 14.7. The fourth-order valence-electron chi connectivity index (χ4n) is 2.51. The molecule has 0 fully saturated rings. The molecule has 0 saturated carbocycles. The van der Waals surface area contributed by atoms with Gasteiger partial charge in [-0.3, -0.25) is 9.59 Å². The molecule has 0 saturated heterocycles. The minimum Gasteiger partial charge on any atom is -0.466 e. The Labute approximate surface area is 140 Å². The molecule has 2 rings (SSSR count). The molecule has 0 aliphatic heterocycles. The minimum absolute atomic E-state index is 0.0177. The molecule has 0 spiro atoms. The summed E-state index contributed by atoms with van der Waals surface area (Å²) in [7, 11) is 0. The van der Waals surface area contributed by atoms with Gasteiger partial charge in [0.15, 0.2) is 0 Å². The van der Waals surface area contributed by atoms with Crippen LogP contribution < -0.4 is 0 Å². The lowest BCUT2D eigenvalue weighted by atomic mass is 9.98. The number of fused-ring (bicyclic) bond motifs is 1. The molecule has 126 valence electrons. The highest BCUT2D eigenvalue weighted by Crippen LogP contribution is 2.32. The number of carbonyl (C=O) groups is 2. The van der Waals surface area contributed by atoms with Gasteiger partial charge in [-0.25, -0.2) is 9.97 Å². The van der Waals surface area contributed by atoms with Crippen molar-refractivity contribution in [2.45, 2.75) is 56.2 Å². The Kier molecular flexibility index (Phi) is 6.83. The van der Waals surface area contributed by atoms with Gasteiger partial charge in [-0.1, -0.05) is 11.8 Å². The van der Waals surface area contributed by atoms with Crippen LogP contribution in [-0.4, -0.2) is 40.4 Å². The molecule has 0 radical (unpaired) electrons. The summed E-state index contributed by atoms with van der Waals surface area (Å²) in [6, 6.07) is 0. The Bertz CT molecular complexity index is 565. The van der Waals surface area contributed by atoms with Crippen molar-refractivity contribution < 1.29 is 19.1 Å². The summed E-state index contributed by atoms with van der Waals surface area (Å²) in [6.45, 7) is 4.06. The van der Waals surface area contributed by atoms with Gasteiger partial charge in [-0.15, -0.1) is 0 Å². The van der Waals surface area contributed by atoms with Gasteiger partial charge >= 0.3 is 11.9 Å². The van der Waals surface area contributed by atoms with Gasteiger partial charge in [0.25, 0.3) is 0 Å². The van der Waals surface area contributed by atoms with Crippen molar-refractivity contribution in [1.82, 2.24) is 9.97 Å². The van der Waals surface area contributed by atoms with Crippen molar-refractivity contribution in [3.63, 3.8) is 0 Å². The number of aryl methyl sites for hydroxylation is 1. The van der Waals surface area contributed by atoms with Crippen LogP contribution in [-0.2, 0) is 31.9 Å². The minimum atomic E-state index is -0.644. The number of carbonyl (C=O) groups excluding carboxylic acids is 2. The van der Waals surface area contributed by atoms with E-state index in [1.54, 1.807) is 13.8 Å². The zero-order valence-corrected chi connectivity index (χ0v) is 14.4. The van der Waals surface area contributed by atoms with Crippen LogP contribution in [0.4, 0.5) is 0 Å². The van der Waals surface area contributed by atoms with Crippen molar-refractivity contribution in [3.05, 3.63) is 17.6 Å². The molecule has 6 nitrogen and oxygen atoms in total. The average molecular weight is 338 g/mol. The fourth-order valence-corrected chi connectivity index (χ4v) is 3.63. The van der Waals surface area contributed by atoms with Gasteiger partial charge in [0.2, 0.25) is 0 Å². The number of thioether (sulfide) groups is 1. The van der Waals surface area contributed by atoms with Crippen LogP contribution in [0.3, 0.4) is 0 Å². The van der Waals surface area contributed by atoms with Gasteiger partial charge < -0.3 is 9.47 Å². The SMILES string of the molecule is CCOC(=O)C[C@@H](Sc1ncnc2c1CCCC2)C(=O)OCC. The van der Waals surface area contributed by atoms with E-state index in [0.29, 0.717) is 6.61 Å². The smallest absolute Gasteiger partial charge is 0.320 e. The summed E-state index contributed by atoms with van der Waals surface area (Å²) in [6.07, 6.45) is 5.57. The zero-order chi connectivity index (χ0) is 16.7. The summed E-state index contributed by atoms with van der Waals surface area (Å²) < 4.78 is 10.0. The third-order valence-corrected chi connectivity index (χ3v) is 4.76. The maximum Gasteiger partial charge on any atom is 0.320 e. The highest BCUT2D eigenvalue weighted by atomic mass is 32.2. The van der Waals surface area contributed by atoms with E-state index in [-0.39, 0.29) is 13.0 Å². The Balaban J connectivity index is 2.16. The van der Waals surface area contributed by atoms with E-state index in [0.717, 1.165) is 42.0 Å². The molecule has 1 aromatic rings. The first-order chi connectivity index (χ1) is 11.2. The third-order valence-electron chi connectivity index (χ3n) is 3.55. The number of rotatable bonds is 7. The predicted molar refractivity (Wildman–Crippen MR) is 86.2 cm³/mol. The Morgan fingerprint density at radius 3 is 2.65 bits per heavy atom. The van der Waals surface area contributed by atoms with E-state index in [1.165, 1.54) is 18.1 Å².